The summed E-state index contributed by atoms with van der Waals surface area (Å²) in [5.41, 5.74) is 5.39. The van der Waals surface area contributed by atoms with Crippen LogP contribution in [0.4, 0.5) is 0 Å². The average Bonchev–Trinajstić information content (AvgIpc) is 2.71. The van der Waals surface area contributed by atoms with Gasteiger partial charge in [-0.15, -0.1) is 0 Å². The summed E-state index contributed by atoms with van der Waals surface area (Å²) in [5.74, 6) is -0.176. The number of hydrogen-bond acceptors (Lipinski definition) is 4. The first-order valence-corrected chi connectivity index (χ1v) is 9.78. The van der Waals surface area contributed by atoms with Crippen molar-refractivity contribution in [1.29, 1.82) is 0 Å². The number of halogens is 1. The molecule has 0 heterocycles. The highest BCUT2D eigenvalue weighted by Gasteiger charge is 2.11. The normalized spacial score (nSPS) is 10.2. The molecule has 3 aromatic rings. The van der Waals surface area contributed by atoms with Gasteiger partial charge in [-0.2, -0.15) is 0 Å². The minimum absolute atomic E-state index is 0.0110. The third-order valence-corrected chi connectivity index (χ3v) is 4.91. The molecule has 2 amide bonds. The molecule has 0 bridgehead atoms. The number of hydrazine groups is 1. The standard InChI is InChI=1S/C20H16IN3O3S/c21-16-10-4-3-9-15(16)19(26)22-20(28)24-23-18(25)12-27-17-11-5-7-13-6-1-2-8-14(13)17/h1-11H,12H2,(H,23,25)(H2,22,24,26,28). The molecule has 0 spiro atoms. The van der Waals surface area contributed by atoms with Crippen LogP contribution in [0.1, 0.15) is 10.4 Å². The second kappa shape index (κ2) is 9.47. The molecule has 0 radical (unpaired) electrons. The van der Waals surface area contributed by atoms with Gasteiger partial charge >= 0.3 is 0 Å². The number of hydrogen-bond donors (Lipinski definition) is 3. The van der Waals surface area contributed by atoms with E-state index < -0.39 is 5.91 Å². The second-order valence-corrected chi connectivity index (χ2v) is 7.27. The highest BCUT2D eigenvalue weighted by atomic mass is 127. The Bertz CT molecular complexity index is 1040. The van der Waals surface area contributed by atoms with Crippen LogP contribution < -0.4 is 20.9 Å². The topological polar surface area (TPSA) is 79.5 Å². The van der Waals surface area contributed by atoms with Gasteiger partial charge in [-0.1, -0.05) is 48.5 Å². The summed E-state index contributed by atoms with van der Waals surface area (Å²) in [7, 11) is 0. The predicted molar refractivity (Wildman–Crippen MR) is 120 cm³/mol. The van der Waals surface area contributed by atoms with Crippen LogP contribution in [0, 0.1) is 3.57 Å². The Kier molecular flexibility index (Phi) is 6.77. The number of nitrogens with one attached hydrogen (secondary N) is 3. The summed E-state index contributed by atoms with van der Waals surface area (Å²) >= 11 is 7.10. The van der Waals surface area contributed by atoms with Gasteiger partial charge < -0.3 is 4.74 Å². The van der Waals surface area contributed by atoms with Gasteiger partial charge in [-0.25, -0.2) is 0 Å². The van der Waals surface area contributed by atoms with E-state index in [4.69, 9.17) is 17.0 Å². The second-order valence-electron chi connectivity index (χ2n) is 5.70. The summed E-state index contributed by atoms with van der Waals surface area (Å²) < 4.78 is 6.39. The lowest BCUT2D eigenvalue weighted by Gasteiger charge is -2.12. The largest absolute Gasteiger partial charge is 0.483 e. The van der Waals surface area contributed by atoms with E-state index >= 15 is 0 Å². The molecule has 3 N–H and O–H groups in total. The number of amides is 2. The zero-order valence-electron chi connectivity index (χ0n) is 14.6. The minimum atomic E-state index is -0.432. The molecule has 0 aliphatic heterocycles. The lowest BCUT2D eigenvalue weighted by atomic mass is 10.1. The van der Waals surface area contributed by atoms with Crippen molar-refractivity contribution in [3.8, 4) is 5.75 Å². The van der Waals surface area contributed by atoms with Crippen LogP contribution in [0.25, 0.3) is 10.8 Å². The van der Waals surface area contributed by atoms with E-state index in [9.17, 15) is 9.59 Å². The Morgan fingerprint density at radius 2 is 1.64 bits per heavy atom. The van der Waals surface area contributed by atoms with E-state index in [1.165, 1.54) is 0 Å². The van der Waals surface area contributed by atoms with Crippen molar-refractivity contribution < 1.29 is 14.3 Å². The molecule has 0 unspecified atom stereocenters. The van der Waals surface area contributed by atoms with Crippen molar-refractivity contribution in [2.75, 3.05) is 6.61 Å². The zero-order valence-corrected chi connectivity index (χ0v) is 17.5. The van der Waals surface area contributed by atoms with Crippen LogP contribution in [0.5, 0.6) is 5.75 Å². The fourth-order valence-electron chi connectivity index (χ4n) is 2.47. The quantitative estimate of drug-likeness (QED) is 0.289. The maximum atomic E-state index is 12.2. The molecule has 3 aromatic carbocycles. The number of benzene rings is 3. The molecule has 142 valence electrons. The van der Waals surface area contributed by atoms with E-state index in [0.717, 1.165) is 14.3 Å². The monoisotopic (exact) mass is 505 g/mol. The van der Waals surface area contributed by atoms with Crippen molar-refractivity contribution in [3.63, 3.8) is 0 Å². The summed E-state index contributed by atoms with van der Waals surface area (Å²) in [6.45, 7) is -0.200. The molecule has 3 rings (SSSR count). The number of fused-ring (bicyclic) bond motifs is 1. The van der Waals surface area contributed by atoms with E-state index in [-0.39, 0.29) is 17.6 Å². The molecule has 8 heteroatoms. The van der Waals surface area contributed by atoms with Gasteiger partial charge in [0.05, 0.1) is 5.56 Å². The SMILES string of the molecule is O=C(COc1cccc2ccccc12)NNC(=S)NC(=O)c1ccccc1I. The Morgan fingerprint density at radius 3 is 2.46 bits per heavy atom. The fraction of sp³-hybridized carbons (Fsp3) is 0.0500. The third-order valence-electron chi connectivity index (χ3n) is 3.77. The van der Waals surface area contributed by atoms with E-state index in [1.54, 1.807) is 18.2 Å². The maximum absolute atomic E-state index is 12.2. The van der Waals surface area contributed by atoms with Gasteiger partial charge in [0.25, 0.3) is 11.8 Å². The lowest BCUT2D eigenvalue weighted by Crippen LogP contribution is -2.49. The van der Waals surface area contributed by atoms with Crippen molar-refractivity contribution >= 4 is 62.5 Å². The van der Waals surface area contributed by atoms with Gasteiger partial charge in [0.2, 0.25) is 0 Å². The van der Waals surface area contributed by atoms with Crippen molar-refractivity contribution in [2.45, 2.75) is 0 Å². The van der Waals surface area contributed by atoms with Gasteiger partial charge in [-0.3, -0.25) is 25.8 Å². The number of rotatable bonds is 4. The first-order chi connectivity index (χ1) is 13.5. The summed E-state index contributed by atoms with van der Waals surface area (Å²) in [5, 5.41) is 4.45. The van der Waals surface area contributed by atoms with E-state index in [1.807, 2.05) is 48.5 Å². The van der Waals surface area contributed by atoms with Crippen LogP contribution in [0.15, 0.2) is 66.7 Å². The van der Waals surface area contributed by atoms with Crippen LogP contribution in [-0.4, -0.2) is 23.5 Å². The van der Waals surface area contributed by atoms with Crippen LogP contribution in [0.3, 0.4) is 0 Å². The average molecular weight is 505 g/mol. The van der Waals surface area contributed by atoms with Crippen molar-refractivity contribution in [1.82, 2.24) is 16.2 Å². The third kappa shape index (κ3) is 5.17. The van der Waals surface area contributed by atoms with Gasteiger partial charge in [-0.05, 0) is 58.4 Å². The summed E-state index contributed by atoms with van der Waals surface area (Å²) in [6.07, 6.45) is 0. The minimum Gasteiger partial charge on any atom is -0.483 e. The Morgan fingerprint density at radius 1 is 0.929 bits per heavy atom. The first kappa shape index (κ1) is 20.0. The van der Waals surface area contributed by atoms with Crippen LogP contribution >= 0.6 is 34.8 Å². The highest BCUT2D eigenvalue weighted by Crippen LogP contribution is 2.24. The molecule has 0 fully saturated rings. The number of carbonyl (C=O) groups excluding carboxylic acids is 2. The number of ether oxygens (including phenoxy) is 1. The molecule has 0 aromatic heterocycles. The molecule has 0 aliphatic rings. The maximum Gasteiger partial charge on any atom is 0.276 e. The van der Waals surface area contributed by atoms with Gasteiger partial charge in [0, 0.05) is 8.96 Å². The van der Waals surface area contributed by atoms with E-state index in [0.29, 0.717) is 11.3 Å². The molecular weight excluding hydrogens is 489 g/mol. The predicted octanol–water partition coefficient (Wildman–Crippen LogP) is 3.16. The lowest BCUT2D eigenvalue weighted by molar-refractivity contribution is -0.123. The van der Waals surface area contributed by atoms with Crippen molar-refractivity contribution in [3.05, 3.63) is 75.9 Å². The van der Waals surface area contributed by atoms with Gasteiger partial charge in [0.1, 0.15) is 5.75 Å². The smallest absolute Gasteiger partial charge is 0.276 e. The summed E-state index contributed by atoms with van der Waals surface area (Å²) in [6, 6.07) is 20.5. The number of thiocarbonyl (C=S) groups is 1. The molecule has 0 saturated heterocycles. The molecule has 0 atom stereocenters. The van der Waals surface area contributed by atoms with Crippen LogP contribution in [0.2, 0.25) is 0 Å². The molecular formula is C20H16IN3O3S. The Balaban J connectivity index is 1.48. The first-order valence-electron chi connectivity index (χ1n) is 8.30. The molecule has 0 aliphatic carbocycles. The van der Waals surface area contributed by atoms with E-state index in [2.05, 4.69) is 38.8 Å². The van der Waals surface area contributed by atoms with Crippen molar-refractivity contribution in [2.24, 2.45) is 0 Å². The summed E-state index contributed by atoms with van der Waals surface area (Å²) in [4.78, 5) is 24.2. The molecule has 28 heavy (non-hydrogen) atoms. The zero-order chi connectivity index (χ0) is 19.9. The molecule has 0 saturated carbocycles. The Labute approximate surface area is 180 Å². The Hall–Kier alpha value is -2.72. The molecule has 6 nitrogen and oxygen atoms in total. The number of carbonyl (C=O) groups is 2. The highest BCUT2D eigenvalue weighted by molar-refractivity contribution is 14.1. The van der Waals surface area contributed by atoms with Gasteiger partial charge in [0.15, 0.2) is 11.7 Å². The van der Waals surface area contributed by atoms with Crippen LogP contribution in [-0.2, 0) is 4.79 Å². The fourth-order valence-corrected chi connectivity index (χ4v) is 3.25.